The van der Waals surface area contributed by atoms with Crippen LogP contribution in [-0.4, -0.2) is 26.1 Å². The summed E-state index contributed by atoms with van der Waals surface area (Å²) >= 11 is 0. The van der Waals surface area contributed by atoms with Gasteiger partial charge in [-0.3, -0.25) is 4.79 Å². The van der Waals surface area contributed by atoms with E-state index in [1.54, 1.807) is 7.11 Å². The number of hydrogen-bond acceptors (Lipinski definition) is 3. The second-order valence-corrected chi connectivity index (χ2v) is 5.28. The predicted molar refractivity (Wildman–Crippen MR) is 94.0 cm³/mol. The molecule has 0 spiro atoms. The molecule has 2 N–H and O–H groups in total. The number of carbonyl (C=O) groups excluding carboxylic acids is 1. The van der Waals surface area contributed by atoms with Gasteiger partial charge in [-0.25, -0.2) is 0 Å². The molecule has 23 heavy (non-hydrogen) atoms. The first-order valence-electron chi connectivity index (χ1n) is 7.95. The summed E-state index contributed by atoms with van der Waals surface area (Å²) in [7, 11) is 1.66. The summed E-state index contributed by atoms with van der Waals surface area (Å²) in [4.78, 5) is 12.0. The van der Waals surface area contributed by atoms with Gasteiger partial charge < -0.3 is 15.4 Å². The van der Waals surface area contributed by atoms with Gasteiger partial charge >= 0.3 is 0 Å². The molecular weight excluding hydrogens is 288 g/mol. The fraction of sp³-hybridized carbons (Fsp3) is 0.316. The van der Waals surface area contributed by atoms with Crippen molar-refractivity contribution in [1.82, 2.24) is 5.32 Å². The second kappa shape index (κ2) is 8.83. The van der Waals surface area contributed by atoms with Crippen molar-refractivity contribution in [2.75, 3.05) is 25.5 Å². The van der Waals surface area contributed by atoms with E-state index in [0.29, 0.717) is 6.54 Å². The van der Waals surface area contributed by atoms with E-state index in [1.807, 2.05) is 42.5 Å². The molecular formula is C19H24N2O2. The Kier molecular flexibility index (Phi) is 6.48. The monoisotopic (exact) mass is 312 g/mol. The van der Waals surface area contributed by atoms with Crippen LogP contribution in [0.1, 0.15) is 18.1 Å². The van der Waals surface area contributed by atoms with Crippen molar-refractivity contribution in [3.8, 4) is 5.75 Å². The van der Waals surface area contributed by atoms with E-state index >= 15 is 0 Å². The molecule has 1 amide bonds. The molecule has 0 heterocycles. The fourth-order valence-electron chi connectivity index (χ4n) is 2.49. The van der Waals surface area contributed by atoms with E-state index in [1.165, 1.54) is 5.56 Å². The highest BCUT2D eigenvalue weighted by molar-refractivity contribution is 5.80. The number of para-hydroxylation sites is 2. The molecule has 2 aromatic carbocycles. The van der Waals surface area contributed by atoms with Gasteiger partial charge in [-0.1, -0.05) is 43.3 Å². The molecule has 0 atom stereocenters. The van der Waals surface area contributed by atoms with Gasteiger partial charge in [0.05, 0.1) is 13.7 Å². The average molecular weight is 312 g/mol. The standard InChI is InChI=1S/C19H24N2O2/c1-3-15-8-4-6-10-17(15)21-14-19(22)20-13-12-16-9-5-7-11-18(16)23-2/h4-11,21H,3,12-14H2,1-2H3,(H,20,22). The Morgan fingerprint density at radius 3 is 2.48 bits per heavy atom. The zero-order chi connectivity index (χ0) is 16.5. The van der Waals surface area contributed by atoms with Crippen LogP contribution in [0, 0.1) is 0 Å². The zero-order valence-electron chi connectivity index (χ0n) is 13.8. The number of anilines is 1. The first-order valence-corrected chi connectivity index (χ1v) is 7.95. The first-order chi connectivity index (χ1) is 11.2. The van der Waals surface area contributed by atoms with E-state index in [4.69, 9.17) is 4.74 Å². The van der Waals surface area contributed by atoms with Gasteiger partial charge in [-0.2, -0.15) is 0 Å². The molecule has 2 aromatic rings. The Labute approximate surface area is 137 Å². The number of methoxy groups -OCH3 is 1. The lowest BCUT2D eigenvalue weighted by Gasteiger charge is -2.12. The van der Waals surface area contributed by atoms with Crippen LogP contribution in [0.25, 0.3) is 0 Å². The third-order valence-electron chi connectivity index (χ3n) is 3.75. The zero-order valence-corrected chi connectivity index (χ0v) is 13.8. The molecule has 2 rings (SSSR count). The Balaban J connectivity index is 1.77. The van der Waals surface area contributed by atoms with Crippen molar-refractivity contribution in [3.63, 3.8) is 0 Å². The van der Waals surface area contributed by atoms with Crippen molar-refractivity contribution >= 4 is 11.6 Å². The van der Waals surface area contributed by atoms with Crippen LogP contribution in [0.2, 0.25) is 0 Å². The summed E-state index contributed by atoms with van der Waals surface area (Å²) in [5.74, 6) is 0.850. The highest BCUT2D eigenvalue weighted by Gasteiger charge is 2.05. The summed E-state index contributed by atoms with van der Waals surface area (Å²) in [6, 6.07) is 15.9. The quantitative estimate of drug-likeness (QED) is 0.788. The largest absolute Gasteiger partial charge is 0.496 e. The molecule has 4 heteroatoms. The lowest BCUT2D eigenvalue weighted by Crippen LogP contribution is -2.31. The van der Waals surface area contributed by atoms with E-state index in [0.717, 1.165) is 29.8 Å². The second-order valence-electron chi connectivity index (χ2n) is 5.28. The highest BCUT2D eigenvalue weighted by atomic mass is 16.5. The number of aryl methyl sites for hydroxylation is 1. The van der Waals surface area contributed by atoms with Gasteiger partial charge in [0, 0.05) is 12.2 Å². The molecule has 0 aromatic heterocycles. The summed E-state index contributed by atoms with van der Waals surface area (Å²) in [6.07, 6.45) is 1.69. The van der Waals surface area contributed by atoms with Crippen molar-refractivity contribution in [1.29, 1.82) is 0 Å². The summed E-state index contributed by atoms with van der Waals surface area (Å²) in [6.45, 7) is 2.98. The predicted octanol–water partition coefficient (Wildman–Crippen LogP) is 3.03. The minimum Gasteiger partial charge on any atom is -0.496 e. The van der Waals surface area contributed by atoms with Crippen molar-refractivity contribution in [2.45, 2.75) is 19.8 Å². The molecule has 0 fully saturated rings. The third-order valence-corrected chi connectivity index (χ3v) is 3.75. The molecule has 0 aliphatic carbocycles. The minimum absolute atomic E-state index is 0.00851. The Morgan fingerprint density at radius 2 is 1.74 bits per heavy atom. The van der Waals surface area contributed by atoms with Crippen LogP contribution in [0.15, 0.2) is 48.5 Å². The highest BCUT2D eigenvalue weighted by Crippen LogP contribution is 2.17. The Morgan fingerprint density at radius 1 is 1.04 bits per heavy atom. The van der Waals surface area contributed by atoms with Crippen LogP contribution in [0.5, 0.6) is 5.75 Å². The number of benzene rings is 2. The topological polar surface area (TPSA) is 50.4 Å². The van der Waals surface area contributed by atoms with Gasteiger partial charge in [0.1, 0.15) is 5.75 Å². The maximum atomic E-state index is 12.0. The molecule has 0 unspecified atom stereocenters. The summed E-state index contributed by atoms with van der Waals surface area (Å²) < 4.78 is 5.31. The van der Waals surface area contributed by atoms with Crippen molar-refractivity contribution < 1.29 is 9.53 Å². The normalized spacial score (nSPS) is 10.2. The van der Waals surface area contributed by atoms with E-state index in [-0.39, 0.29) is 12.5 Å². The smallest absolute Gasteiger partial charge is 0.239 e. The lowest BCUT2D eigenvalue weighted by molar-refractivity contribution is -0.119. The van der Waals surface area contributed by atoms with Crippen LogP contribution < -0.4 is 15.4 Å². The molecule has 0 saturated heterocycles. The maximum absolute atomic E-state index is 12.0. The maximum Gasteiger partial charge on any atom is 0.239 e. The molecule has 0 aliphatic rings. The summed E-state index contributed by atoms with van der Waals surface area (Å²) in [5.41, 5.74) is 3.34. The van der Waals surface area contributed by atoms with Gasteiger partial charge in [0.2, 0.25) is 5.91 Å². The van der Waals surface area contributed by atoms with Crippen LogP contribution in [-0.2, 0) is 17.6 Å². The summed E-state index contributed by atoms with van der Waals surface area (Å²) in [5, 5.41) is 6.13. The van der Waals surface area contributed by atoms with Gasteiger partial charge in [-0.15, -0.1) is 0 Å². The molecule has 0 aliphatic heterocycles. The SMILES string of the molecule is CCc1ccccc1NCC(=O)NCCc1ccccc1OC. The molecule has 0 bridgehead atoms. The van der Waals surface area contributed by atoms with E-state index in [2.05, 4.69) is 23.6 Å². The fourth-order valence-corrected chi connectivity index (χ4v) is 2.49. The van der Waals surface area contributed by atoms with E-state index < -0.39 is 0 Å². The van der Waals surface area contributed by atoms with Crippen molar-refractivity contribution in [3.05, 3.63) is 59.7 Å². The molecule has 0 saturated carbocycles. The number of carbonyl (C=O) groups is 1. The van der Waals surface area contributed by atoms with Gasteiger partial charge in [-0.05, 0) is 36.1 Å². The van der Waals surface area contributed by atoms with Crippen LogP contribution >= 0.6 is 0 Å². The third kappa shape index (κ3) is 5.02. The molecule has 4 nitrogen and oxygen atoms in total. The van der Waals surface area contributed by atoms with Crippen molar-refractivity contribution in [2.24, 2.45) is 0 Å². The van der Waals surface area contributed by atoms with Gasteiger partial charge in [0.15, 0.2) is 0 Å². The Hall–Kier alpha value is -2.49. The number of nitrogens with one attached hydrogen (secondary N) is 2. The first kappa shape index (κ1) is 16.9. The number of ether oxygens (including phenoxy) is 1. The Bertz CT molecular complexity index is 641. The minimum atomic E-state index is -0.00851. The van der Waals surface area contributed by atoms with Gasteiger partial charge in [0.25, 0.3) is 0 Å². The van der Waals surface area contributed by atoms with Crippen LogP contribution in [0.4, 0.5) is 5.69 Å². The number of hydrogen-bond donors (Lipinski definition) is 2. The van der Waals surface area contributed by atoms with E-state index in [9.17, 15) is 4.79 Å². The molecule has 122 valence electrons. The lowest BCUT2D eigenvalue weighted by atomic mass is 10.1. The number of rotatable bonds is 8. The number of amides is 1. The molecule has 0 radical (unpaired) electrons. The average Bonchev–Trinajstić information content (AvgIpc) is 2.60. The van der Waals surface area contributed by atoms with Crippen LogP contribution in [0.3, 0.4) is 0 Å².